The summed E-state index contributed by atoms with van der Waals surface area (Å²) in [7, 11) is 4.81. The number of nitrogens with zero attached hydrogens (tertiary/aromatic N) is 2. The van der Waals surface area contributed by atoms with Gasteiger partial charge in [-0.3, -0.25) is 9.79 Å². The maximum atomic E-state index is 11.8. The summed E-state index contributed by atoms with van der Waals surface area (Å²) in [6.45, 7) is 1.92. The fourth-order valence-corrected chi connectivity index (χ4v) is 3.30. The number of carbonyl (C=O) groups is 1. The minimum Gasteiger partial charge on any atom is -0.494 e. The van der Waals surface area contributed by atoms with Crippen LogP contribution in [0.3, 0.4) is 0 Å². The number of H-pyrrole nitrogens is 1. The van der Waals surface area contributed by atoms with Crippen molar-refractivity contribution >= 4 is 33.9 Å². The van der Waals surface area contributed by atoms with Crippen LogP contribution in [0.1, 0.15) is 18.9 Å². The quantitative estimate of drug-likeness (QED) is 0.517. The normalized spacial score (nSPS) is 11.6. The van der Waals surface area contributed by atoms with Gasteiger partial charge in [-0.25, -0.2) is 0 Å². The molecule has 1 heterocycles. The second kappa shape index (κ2) is 8.87. The van der Waals surface area contributed by atoms with Crippen molar-refractivity contribution in [2.24, 2.45) is 10.7 Å². The smallest absolute Gasteiger partial charge is 0.240 e. The molecule has 0 aliphatic carbocycles. The number of benzene rings is 2. The predicted molar refractivity (Wildman–Crippen MR) is 118 cm³/mol. The number of nitrogens with two attached hydrogens (primary N) is 1. The van der Waals surface area contributed by atoms with E-state index in [-0.39, 0.29) is 18.3 Å². The van der Waals surface area contributed by atoms with Gasteiger partial charge in [0, 0.05) is 24.2 Å². The van der Waals surface area contributed by atoms with E-state index in [0.29, 0.717) is 34.9 Å². The number of nitrogens with one attached hydrogen (secondary N) is 1. The predicted octanol–water partition coefficient (Wildman–Crippen LogP) is 3.34. The summed E-state index contributed by atoms with van der Waals surface area (Å²) in [6, 6.07) is 10.9. The van der Waals surface area contributed by atoms with E-state index in [1.807, 2.05) is 37.3 Å². The van der Waals surface area contributed by atoms with Crippen LogP contribution in [0.2, 0.25) is 0 Å². The lowest BCUT2D eigenvalue weighted by Gasteiger charge is -2.16. The van der Waals surface area contributed by atoms with Crippen LogP contribution in [0.5, 0.6) is 17.4 Å². The zero-order chi connectivity index (χ0) is 21.8. The number of rotatable bonds is 7. The maximum Gasteiger partial charge on any atom is 0.240 e. The second-order valence-electron chi connectivity index (χ2n) is 6.69. The highest BCUT2D eigenvalue weighted by molar-refractivity contribution is 6.14. The molecule has 0 spiro atoms. The van der Waals surface area contributed by atoms with Crippen LogP contribution in [0.15, 0.2) is 41.4 Å². The first-order valence-corrected chi connectivity index (χ1v) is 9.54. The third-order valence-electron chi connectivity index (χ3n) is 4.96. The van der Waals surface area contributed by atoms with Gasteiger partial charge in [0.1, 0.15) is 0 Å². The Hall–Kier alpha value is -3.52. The molecule has 0 aliphatic heterocycles. The highest BCUT2D eigenvalue weighted by Gasteiger charge is 2.19. The Bertz CT molecular complexity index is 1090. The van der Waals surface area contributed by atoms with Crippen molar-refractivity contribution in [3.8, 4) is 17.4 Å². The van der Waals surface area contributed by atoms with Gasteiger partial charge in [-0.15, -0.1) is 0 Å². The molecular weight excluding hydrogens is 384 g/mol. The molecule has 1 amide bonds. The van der Waals surface area contributed by atoms with Crippen LogP contribution in [0.4, 0.5) is 11.4 Å². The van der Waals surface area contributed by atoms with Gasteiger partial charge in [0.15, 0.2) is 17.4 Å². The van der Waals surface area contributed by atoms with Crippen LogP contribution >= 0.6 is 0 Å². The SMILES string of the molecule is CCC(=Nc1ccc(N(C)C(=O)CN)cc1)c1c(O)[nH]c2cc(OC)c(OC)cc12. The van der Waals surface area contributed by atoms with E-state index in [4.69, 9.17) is 20.2 Å². The molecule has 0 bridgehead atoms. The standard InChI is InChI=1S/C22H26N4O4/c1-5-16(24-13-6-8-14(9-7-13)26(2)20(27)12-23)21-15-10-18(29-3)19(30-4)11-17(15)25-22(21)28/h6-11,25,28H,5,12,23H2,1-4H3. The first-order chi connectivity index (χ1) is 14.4. The third-order valence-corrected chi connectivity index (χ3v) is 4.96. The number of aromatic amines is 1. The van der Waals surface area contributed by atoms with E-state index >= 15 is 0 Å². The number of ether oxygens (including phenoxy) is 2. The van der Waals surface area contributed by atoms with Gasteiger partial charge in [-0.2, -0.15) is 0 Å². The van der Waals surface area contributed by atoms with E-state index in [9.17, 15) is 9.90 Å². The first kappa shape index (κ1) is 21.2. The average Bonchev–Trinajstić information content (AvgIpc) is 3.10. The third kappa shape index (κ3) is 3.95. The Labute approximate surface area is 174 Å². The number of aliphatic imine (C=N–C) groups is 1. The minimum atomic E-state index is -0.173. The number of aromatic nitrogens is 1. The lowest BCUT2D eigenvalue weighted by molar-refractivity contribution is -0.117. The van der Waals surface area contributed by atoms with Gasteiger partial charge < -0.3 is 30.2 Å². The van der Waals surface area contributed by atoms with Crippen molar-refractivity contribution in [2.75, 3.05) is 32.7 Å². The number of anilines is 1. The van der Waals surface area contributed by atoms with Crippen molar-refractivity contribution in [3.63, 3.8) is 0 Å². The molecule has 8 heteroatoms. The topological polar surface area (TPSA) is 113 Å². The number of hydrogen-bond acceptors (Lipinski definition) is 6. The fraction of sp³-hybridized carbons (Fsp3) is 0.273. The summed E-state index contributed by atoms with van der Waals surface area (Å²) in [5.41, 5.74) is 8.91. The Morgan fingerprint density at radius 1 is 1.17 bits per heavy atom. The fourth-order valence-electron chi connectivity index (χ4n) is 3.30. The summed E-state index contributed by atoms with van der Waals surface area (Å²) in [5, 5.41) is 11.4. The second-order valence-corrected chi connectivity index (χ2v) is 6.69. The zero-order valence-corrected chi connectivity index (χ0v) is 17.5. The largest absolute Gasteiger partial charge is 0.494 e. The summed E-state index contributed by atoms with van der Waals surface area (Å²) in [5.74, 6) is 0.997. The van der Waals surface area contributed by atoms with Crippen molar-refractivity contribution < 1.29 is 19.4 Å². The lowest BCUT2D eigenvalue weighted by Crippen LogP contribution is -2.32. The Balaban J connectivity index is 2.03. The van der Waals surface area contributed by atoms with Crippen molar-refractivity contribution in [1.82, 2.24) is 4.98 Å². The van der Waals surface area contributed by atoms with E-state index in [2.05, 4.69) is 4.98 Å². The van der Waals surface area contributed by atoms with Crippen LogP contribution in [-0.4, -0.2) is 49.5 Å². The van der Waals surface area contributed by atoms with E-state index in [0.717, 1.165) is 16.6 Å². The summed E-state index contributed by atoms with van der Waals surface area (Å²) < 4.78 is 10.7. The molecular formula is C22H26N4O4. The van der Waals surface area contributed by atoms with Crippen molar-refractivity contribution in [1.29, 1.82) is 0 Å². The molecule has 3 aromatic rings. The van der Waals surface area contributed by atoms with Crippen LogP contribution in [0, 0.1) is 0 Å². The van der Waals surface area contributed by atoms with Gasteiger partial charge in [-0.1, -0.05) is 6.92 Å². The molecule has 0 saturated carbocycles. The van der Waals surface area contributed by atoms with Gasteiger partial charge >= 0.3 is 0 Å². The number of hydrogen-bond donors (Lipinski definition) is 3. The Morgan fingerprint density at radius 3 is 2.37 bits per heavy atom. The van der Waals surface area contributed by atoms with Crippen molar-refractivity contribution in [2.45, 2.75) is 13.3 Å². The van der Waals surface area contributed by atoms with Crippen LogP contribution in [0.25, 0.3) is 10.9 Å². The highest BCUT2D eigenvalue weighted by atomic mass is 16.5. The van der Waals surface area contributed by atoms with Gasteiger partial charge in [0.05, 0.1) is 43.2 Å². The summed E-state index contributed by atoms with van der Waals surface area (Å²) >= 11 is 0. The number of methoxy groups -OCH3 is 2. The molecule has 0 aliphatic rings. The number of fused-ring (bicyclic) bond motifs is 1. The molecule has 0 radical (unpaired) electrons. The van der Waals surface area contributed by atoms with Gasteiger partial charge in [-0.05, 0) is 36.8 Å². The van der Waals surface area contributed by atoms with E-state index in [1.165, 1.54) is 4.90 Å². The number of carbonyl (C=O) groups excluding carboxylic acids is 1. The summed E-state index contributed by atoms with van der Waals surface area (Å²) in [6.07, 6.45) is 0.599. The Morgan fingerprint density at radius 2 is 1.80 bits per heavy atom. The molecule has 0 fully saturated rings. The average molecular weight is 410 g/mol. The molecule has 3 rings (SSSR count). The number of amides is 1. The molecule has 0 atom stereocenters. The molecule has 4 N–H and O–H groups in total. The molecule has 30 heavy (non-hydrogen) atoms. The first-order valence-electron chi connectivity index (χ1n) is 9.54. The molecule has 158 valence electrons. The van der Waals surface area contributed by atoms with Gasteiger partial charge in [0.25, 0.3) is 0 Å². The minimum absolute atomic E-state index is 0.0332. The number of likely N-dealkylation sites (N-methyl/N-ethyl adjacent to an activating group) is 1. The van der Waals surface area contributed by atoms with E-state index < -0.39 is 0 Å². The highest BCUT2D eigenvalue weighted by Crippen LogP contribution is 2.37. The molecule has 1 aromatic heterocycles. The van der Waals surface area contributed by atoms with Crippen molar-refractivity contribution in [3.05, 3.63) is 42.0 Å². The summed E-state index contributed by atoms with van der Waals surface area (Å²) in [4.78, 5) is 21.0. The molecule has 0 saturated heterocycles. The molecule has 8 nitrogen and oxygen atoms in total. The van der Waals surface area contributed by atoms with Crippen LogP contribution < -0.4 is 20.1 Å². The maximum absolute atomic E-state index is 11.8. The molecule has 0 unspecified atom stereocenters. The zero-order valence-electron chi connectivity index (χ0n) is 17.5. The van der Waals surface area contributed by atoms with Crippen LogP contribution in [-0.2, 0) is 4.79 Å². The lowest BCUT2D eigenvalue weighted by atomic mass is 10.1. The number of aromatic hydroxyl groups is 1. The van der Waals surface area contributed by atoms with E-state index in [1.54, 1.807) is 27.3 Å². The van der Waals surface area contributed by atoms with Gasteiger partial charge in [0.2, 0.25) is 5.91 Å². The Kier molecular flexibility index (Phi) is 6.27. The molecule has 2 aromatic carbocycles. The monoisotopic (exact) mass is 410 g/mol.